The summed E-state index contributed by atoms with van der Waals surface area (Å²) in [4.78, 5) is 31.1. The summed E-state index contributed by atoms with van der Waals surface area (Å²) < 4.78 is 22.7. The van der Waals surface area contributed by atoms with Crippen LogP contribution in [0.1, 0.15) is 57.7 Å². The number of esters is 1. The van der Waals surface area contributed by atoms with Crippen molar-refractivity contribution in [1.29, 1.82) is 0 Å². The van der Waals surface area contributed by atoms with Gasteiger partial charge in [-0.3, -0.25) is 10.1 Å². The molecule has 1 saturated heterocycles. The molecular formula is C29H25Cl2FN4O3. The highest BCUT2D eigenvalue weighted by Gasteiger charge is 2.65. The van der Waals surface area contributed by atoms with Crippen molar-refractivity contribution >= 4 is 46.4 Å². The number of carbonyl (C=O) groups excluding carboxylic acids is 2. The van der Waals surface area contributed by atoms with E-state index in [-0.39, 0.29) is 30.3 Å². The number of aryl methyl sites for hydroxylation is 1. The van der Waals surface area contributed by atoms with E-state index < -0.39 is 23.2 Å². The van der Waals surface area contributed by atoms with Crippen LogP contribution in [-0.4, -0.2) is 34.4 Å². The lowest BCUT2D eigenvalue weighted by atomic mass is 9.71. The first kappa shape index (κ1) is 25.8. The average Bonchev–Trinajstić information content (AvgIpc) is 3.59. The number of amides is 1. The maximum atomic E-state index is 15.8. The quantitative estimate of drug-likeness (QED) is 0.301. The summed E-state index contributed by atoms with van der Waals surface area (Å²) in [6.45, 7) is 1.83. The van der Waals surface area contributed by atoms with Crippen LogP contribution >= 0.6 is 23.2 Å². The molecule has 0 bridgehead atoms. The molecule has 10 heteroatoms. The number of aromatic nitrogens is 2. The van der Waals surface area contributed by atoms with E-state index in [1.54, 1.807) is 30.3 Å². The molecule has 4 aromatic rings. The van der Waals surface area contributed by atoms with Crippen LogP contribution in [0.3, 0.4) is 0 Å². The van der Waals surface area contributed by atoms with Gasteiger partial charge in [-0.1, -0.05) is 48.8 Å². The Balaban J connectivity index is 0.00000277. The molecular weight excluding hydrogens is 542 g/mol. The third kappa shape index (κ3) is 3.28. The lowest BCUT2D eigenvalue weighted by Crippen LogP contribution is -2.49. The second kappa shape index (κ2) is 8.78. The molecule has 0 unspecified atom stereocenters. The van der Waals surface area contributed by atoms with E-state index in [9.17, 15) is 9.59 Å². The van der Waals surface area contributed by atoms with Crippen molar-refractivity contribution in [1.82, 2.24) is 14.7 Å². The van der Waals surface area contributed by atoms with Crippen LogP contribution in [0.25, 0.3) is 5.65 Å². The molecule has 200 valence electrons. The van der Waals surface area contributed by atoms with E-state index in [1.807, 2.05) is 23.6 Å². The maximum absolute atomic E-state index is 15.8. The summed E-state index contributed by atoms with van der Waals surface area (Å²) in [6.07, 6.45) is 2.38. The molecule has 1 fully saturated rings. The van der Waals surface area contributed by atoms with Gasteiger partial charge in [0.1, 0.15) is 17.0 Å². The second-order valence-electron chi connectivity index (χ2n) is 10.0. The van der Waals surface area contributed by atoms with Crippen molar-refractivity contribution in [3.05, 3.63) is 98.2 Å². The number of nitrogens with zero attached hydrogens (tertiary/aromatic N) is 2. The molecule has 7 rings (SSSR count). The van der Waals surface area contributed by atoms with E-state index in [0.29, 0.717) is 45.0 Å². The summed E-state index contributed by atoms with van der Waals surface area (Å²) in [5.74, 6) is -2.27. The van der Waals surface area contributed by atoms with E-state index in [0.717, 1.165) is 11.4 Å². The Bertz CT molecular complexity index is 1720. The summed E-state index contributed by atoms with van der Waals surface area (Å²) in [5.41, 5.74) is 3.87. The van der Waals surface area contributed by atoms with Crippen LogP contribution in [0.5, 0.6) is 0 Å². The fourth-order valence-electron chi connectivity index (χ4n) is 6.76. The zero-order chi connectivity index (χ0) is 26.5. The first-order chi connectivity index (χ1) is 18.3. The SMILES string of the molecule is C.COC(=O)c1ccn2c3c(nc2c1C)[C@@H]1[C@H](C3)N[C@@]2(C(=O)Nc3cc(Cl)ccc32)[C@H]1c1cccc(Cl)c1F. The topological polar surface area (TPSA) is 84.7 Å². The summed E-state index contributed by atoms with van der Waals surface area (Å²) >= 11 is 12.5. The summed E-state index contributed by atoms with van der Waals surface area (Å²) in [5, 5.41) is 7.05. The Hall–Kier alpha value is -3.46. The number of methoxy groups -OCH3 is 1. The molecule has 2 aromatic carbocycles. The number of carbonyl (C=O) groups is 2. The molecule has 39 heavy (non-hydrogen) atoms. The molecule has 2 aliphatic heterocycles. The summed E-state index contributed by atoms with van der Waals surface area (Å²) in [7, 11) is 1.34. The lowest BCUT2D eigenvalue weighted by molar-refractivity contribution is -0.122. The Morgan fingerprint density at radius 2 is 2.03 bits per heavy atom. The number of ether oxygens (including phenoxy) is 1. The highest BCUT2D eigenvalue weighted by molar-refractivity contribution is 6.31. The van der Waals surface area contributed by atoms with Gasteiger partial charge in [-0.2, -0.15) is 0 Å². The second-order valence-corrected chi connectivity index (χ2v) is 10.9. The molecule has 1 aliphatic carbocycles. The number of pyridine rings is 1. The minimum absolute atomic E-state index is 0. The third-order valence-corrected chi connectivity index (χ3v) is 8.83. The standard InChI is InChI=1S/C28H21Cl2FN4O3.CH4/c1-12-14(26(36)38-2)8-9-35-20-11-19-21(24(20)33-25(12)35)22(15-4-3-5-17(30)23(15)31)28(34-19)16-7-6-13(29)10-18(16)32-27(28)37;/h3-10,19,21-22,34H,11H2,1-2H3,(H,32,37);1H4/t19-,21+,22-,28+;/m0./s1. The number of fused-ring (bicyclic) bond motifs is 7. The monoisotopic (exact) mass is 566 g/mol. The summed E-state index contributed by atoms with van der Waals surface area (Å²) in [6, 6.07) is 11.7. The van der Waals surface area contributed by atoms with Gasteiger partial charge in [-0.15, -0.1) is 0 Å². The fourth-order valence-corrected chi connectivity index (χ4v) is 7.11. The third-order valence-electron chi connectivity index (χ3n) is 8.31. The fraction of sp³-hybridized carbons (Fsp3) is 0.276. The van der Waals surface area contributed by atoms with Crippen molar-refractivity contribution < 1.29 is 18.7 Å². The van der Waals surface area contributed by atoms with Crippen LogP contribution in [0.15, 0.2) is 48.7 Å². The molecule has 4 atom stereocenters. The van der Waals surface area contributed by atoms with Crippen LogP contribution in [0.4, 0.5) is 10.1 Å². The van der Waals surface area contributed by atoms with Crippen molar-refractivity contribution in [2.45, 2.75) is 44.2 Å². The zero-order valence-electron chi connectivity index (χ0n) is 20.3. The molecule has 2 N–H and O–H groups in total. The van der Waals surface area contributed by atoms with Crippen LogP contribution in [0, 0.1) is 12.7 Å². The molecule has 1 spiro atoms. The van der Waals surface area contributed by atoms with Crippen LogP contribution in [-0.2, 0) is 21.5 Å². The van der Waals surface area contributed by atoms with Gasteiger partial charge in [0.25, 0.3) is 0 Å². The number of benzene rings is 2. The van der Waals surface area contributed by atoms with Gasteiger partial charge in [0.05, 0.1) is 23.4 Å². The Kier molecular flexibility index (Phi) is 5.81. The van der Waals surface area contributed by atoms with Gasteiger partial charge in [-0.25, -0.2) is 14.2 Å². The first-order valence-electron chi connectivity index (χ1n) is 12.2. The molecule has 1 amide bonds. The van der Waals surface area contributed by atoms with E-state index >= 15 is 4.39 Å². The number of nitrogens with one attached hydrogen (secondary N) is 2. The minimum Gasteiger partial charge on any atom is -0.465 e. The van der Waals surface area contributed by atoms with Gasteiger partial charge in [-0.05, 0) is 36.8 Å². The molecule has 2 aromatic heterocycles. The largest absolute Gasteiger partial charge is 0.465 e. The van der Waals surface area contributed by atoms with Crippen molar-refractivity contribution in [2.24, 2.45) is 0 Å². The Morgan fingerprint density at radius 3 is 2.79 bits per heavy atom. The Morgan fingerprint density at radius 1 is 1.23 bits per heavy atom. The van der Waals surface area contributed by atoms with Gasteiger partial charge in [0.15, 0.2) is 0 Å². The normalized spacial score (nSPS) is 24.3. The zero-order valence-corrected chi connectivity index (χ0v) is 21.8. The number of hydrogen-bond acceptors (Lipinski definition) is 5. The number of imidazole rings is 1. The van der Waals surface area contributed by atoms with Crippen LogP contribution in [0.2, 0.25) is 10.0 Å². The number of hydrogen-bond donors (Lipinski definition) is 2. The van der Waals surface area contributed by atoms with Crippen LogP contribution < -0.4 is 10.6 Å². The molecule has 0 radical (unpaired) electrons. The van der Waals surface area contributed by atoms with E-state index in [4.69, 9.17) is 32.9 Å². The molecule has 0 saturated carbocycles. The van der Waals surface area contributed by atoms with Gasteiger partial charge in [0.2, 0.25) is 5.91 Å². The predicted molar refractivity (Wildman–Crippen MR) is 147 cm³/mol. The highest BCUT2D eigenvalue weighted by atomic mass is 35.5. The predicted octanol–water partition coefficient (Wildman–Crippen LogP) is 5.75. The van der Waals surface area contributed by atoms with Gasteiger partial charge < -0.3 is 14.5 Å². The maximum Gasteiger partial charge on any atom is 0.338 e. The lowest BCUT2D eigenvalue weighted by Gasteiger charge is -2.32. The van der Waals surface area contributed by atoms with E-state index in [1.165, 1.54) is 13.2 Å². The number of anilines is 1. The minimum atomic E-state index is -1.25. The Labute approximate surface area is 234 Å². The van der Waals surface area contributed by atoms with Gasteiger partial charge in [0, 0.05) is 58.0 Å². The number of halogens is 3. The van der Waals surface area contributed by atoms with E-state index in [2.05, 4.69) is 10.6 Å². The van der Waals surface area contributed by atoms with Gasteiger partial charge >= 0.3 is 5.97 Å². The highest BCUT2D eigenvalue weighted by Crippen LogP contribution is 2.60. The molecule has 3 aliphatic rings. The number of rotatable bonds is 2. The molecule has 4 heterocycles. The van der Waals surface area contributed by atoms with Crippen molar-refractivity contribution in [3.63, 3.8) is 0 Å². The smallest absolute Gasteiger partial charge is 0.338 e. The first-order valence-corrected chi connectivity index (χ1v) is 12.9. The average molecular weight is 567 g/mol. The van der Waals surface area contributed by atoms with Crippen molar-refractivity contribution in [2.75, 3.05) is 12.4 Å². The molecule has 7 nitrogen and oxygen atoms in total. The van der Waals surface area contributed by atoms with Crippen molar-refractivity contribution in [3.8, 4) is 0 Å².